The Morgan fingerprint density at radius 2 is 0.763 bits per heavy atom. The third kappa shape index (κ3) is 46.0. The van der Waals surface area contributed by atoms with Crippen molar-refractivity contribution in [2.24, 2.45) is 0 Å². The van der Waals surface area contributed by atoms with Gasteiger partial charge >= 0.3 is 17.9 Å². The predicted octanol–water partition coefficient (Wildman–Crippen LogP) is 16.1. The number of esters is 3. The van der Waals surface area contributed by atoms with Gasteiger partial charge in [-0.1, -0.05) is 223 Å². The molecule has 0 bridgehead atoms. The third-order valence-corrected chi connectivity index (χ3v) is 10.6. The van der Waals surface area contributed by atoms with E-state index < -0.39 is 6.10 Å². The van der Waals surface area contributed by atoms with Gasteiger partial charge in [0.05, 0.1) is 0 Å². The lowest BCUT2D eigenvalue weighted by Crippen LogP contribution is -2.30. The highest BCUT2D eigenvalue weighted by Crippen LogP contribution is 2.15. The molecule has 0 heterocycles. The zero-order valence-corrected chi connectivity index (χ0v) is 38.8. The van der Waals surface area contributed by atoms with E-state index in [2.05, 4.69) is 75.5 Å². The molecule has 0 spiro atoms. The van der Waals surface area contributed by atoms with Gasteiger partial charge in [-0.05, 0) is 57.8 Å². The maximum atomic E-state index is 12.7. The van der Waals surface area contributed by atoms with Crippen LogP contribution in [0.25, 0.3) is 0 Å². The number of hydrogen-bond acceptors (Lipinski definition) is 6. The van der Waals surface area contributed by atoms with E-state index in [0.29, 0.717) is 19.3 Å². The van der Waals surface area contributed by atoms with Gasteiger partial charge in [-0.15, -0.1) is 0 Å². The van der Waals surface area contributed by atoms with Crippen LogP contribution < -0.4 is 0 Å². The second-order valence-electron chi connectivity index (χ2n) is 16.4. The predicted molar refractivity (Wildman–Crippen MR) is 251 cm³/mol. The fourth-order valence-corrected chi connectivity index (χ4v) is 6.85. The Bertz CT molecular complexity index is 1090. The number of hydrogen-bond donors (Lipinski definition) is 0. The fourth-order valence-electron chi connectivity index (χ4n) is 6.85. The number of rotatable bonds is 44. The van der Waals surface area contributed by atoms with Crippen molar-refractivity contribution in [2.75, 3.05) is 13.2 Å². The van der Waals surface area contributed by atoms with E-state index in [1.54, 1.807) is 0 Å². The van der Waals surface area contributed by atoms with E-state index in [1.807, 2.05) is 6.08 Å². The van der Waals surface area contributed by atoms with E-state index in [-0.39, 0.29) is 37.5 Å². The van der Waals surface area contributed by atoms with Crippen molar-refractivity contribution < 1.29 is 28.6 Å². The largest absolute Gasteiger partial charge is 0.462 e. The minimum atomic E-state index is -0.806. The van der Waals surface area contributed by atoms with Crippen molar-refractivity contribution >= 4 is 17.9 Å². The molecule has 0 radical (unpaired) electrons. The molecule has 6 heteroatoms. The van der Waals surface area contributed by atoms with E-state index in [9.17, 15) is 14.4 Å². The van der Waals surface area contributed by atoms with Crippen molar-refractivity contribution in [1.29, 1.82) is 0 Å². The van der Waals surface area contributed by atoms with Gasteiger partial charge in [-0.3, -0.25) is 14.4 Å². The summed E-state index contributed by atoms with van der Waals surface area (Å²) in [6.07, 6.45) is 57.8. The van der Waals surface area contributed by atoms with Crippen molar-refractivity contribution in [1.82, 2.24) is 0 Å². The molecule has 0 N–H and O–H groups in total. The maximum absolute atomic E-state index is 12.7. The molecule has 0 fully saturated rings. The Morgan fingerprint density at radius 1 is 0.373 bits per heavy atom. The Labute approximate surface area is 364 Å². The number of unbranched alkanes of at least 4 members (excludes halogenated alkanes) is 25. The van der Waals surface area contributed by atoms with Gasteiger partial charge in [0.2, 0.25) is 0 Å². The van der Waals surface area contributed by atoms with Gasteiger partial charge in [0, 0.05) is 19.3 Å². The third-order valence-electron chi connectivity index (χ3n) is 10.6. The van der Waals surface area contributed by atoms with Crippen LogP contribution >= 0.6 is 0 Å². The first-order valence-corrected chi connectivity index (χ1v) is 24.8. The lowest BCUT2D eigenvalue weighted by molar-refractivity contribution is -0.166. The van der Waals surface area contributed by atoms with Crippen molar-refractivity contribution in [3.8, 4) is 0 Å². The molecule has 6 nitrogen and oxygen atoms in total. The van der Waals surface area contributed by atoms with Crippen molar-refractivity contribution in [3.05, 3.63) is 60.8 Å². The maximum Gasteiger partial charge on any atom is 0.306 e. The van der Waals surface area contributed by atoms with Crippen LogP contribution in [0.15, 0.2) is 60.8 Å². The summed E-state index contributed by atoms with van der Waals surface area (Å²) in [5, 5.41) is 0. The van der Waals surface area contributed by atoms with E-state index in [4.69, 9.17) is 14.2 Å². The molecule has 1 unspecified atom stereocenters. The SMILES string of the molecule is CC\C=C/C=C\C=C/CCCCCCCCCC(=O)OCC(COC(=O)CCCCCCCCCCCCCCC)OC(=O)CC/C=C\C/C=C\CCCCCCCC. The highest BCUT2D eigenvalue weighted by atomic mass is 16.6. The second-order valence-corrected chi connectivity index (χ2v) is 16.4. The smallest absolute Gasteiger partial charge is 0.306 e. The first-order valence-electron chi connectivity index (χ1n) is 24.8. The molecule has 1 atom stereocenters. The molecule has 0 aliphatic carbocycles. The summed E-state index contributed by atoms with van der Waals surface area (Å²) in [5.41, 5.74) is 0. The van der Waals surface area contributed by atoms with E-state index in [1.165, 1.54) is 128 Å². The lowest BCUT2D eigenvalue weighted by atomic mass is 10.0. The van der Waals surface area contributed by atoms with Gasteiger partial charge in [0.25, 0.3) is 0 Å². The average molecular weight is 825 g/mol. The zero-order valence-electron chi connectivity index (χ0n) is 38.8. The highest BCUT2D eigenvalue weighted by Gasteiger charge is 2.19. The van der Waals surface area contributed by atoms with Crippen LogP contribution in [-0.2, 0) is 28.6 Å². The molecule has 0 saturated heterocycles. The minimum absolute atomic E-state index is 0.0989. The van der Waals surface area contributed by atoms with Crippen LogP contribution in [0.5, 0.6) is 0 Å². The minimum Gasteiger partial charge on any atom is -0.462 e. The molecule has 0 aliphatic rings. The first kappa shape index (κ1) is 56.1. The van der Waals surface area contributed by atoms with Crippen LogP contribution in [0.2, 0.25) is 0 Å². The molecule has 340 valence electrons. The van der Waals surface area contributed by atoms with Gasteiger partial charge in [0.1, 0.15) is 13.2 Å². The molecular weight excluding hydrogens is 733 g/mol. The monoisotopic (exact) mass is 825 g/mol. The number of carbonyl (C=O) groups is 3. The average Bonchev–Trinajstić information content (AvgIpc) is 3.23. The molecule has 0 rings (SSSR count). The van der Waals surface area contributed by atoms with Gasteiger partial charge in [-0.25, -0.2) is 0 Å². The summed E-state index contributed by atoms with van der Waals surface area (Å²) in [6, 6.07) is 0. The summed E-state index contributed by atoms with van der Waals surface area (Å²) in [4.78, 5) is 37.8. The van der Waals surface area contributed by atoms with Crippen LogP contribution in [0.4, 0.5) is 0 Å². The quantitative estimate of drug-likeness (QED) is 0.0200. The van der Waals surface area contributed by atoms with E-state index >= 15 is 0 Å². The molecule has 0 aromatic carbocycles. The standard InChI is InChI=1S/C53H92O6/c1-4-7-10-13-16-19-22-25-26-29-31-34-37-40-43-46-52(55)58-49-50(59-53(56)47-44-41-38-35-32-28-24-21-18-15-12-9-6-3)48-57-51(54)45-42-39-36-33-30-27-23-20-17-14-11-8-5-2/h7,10,13,16,19,22,28,32,38,41,50H,4-6,8-9,11-12,14-15,17-18,20-21,23-27,29-31,33-37,39-40,42-49H2,1-3H3/b10-7-,16-13-,22-19-,32-28-,41-38-. The zero-order chi connectivity index (χ0) is 43.0. The van der Waals surface area contributed by atoms with Crippen molar-refractivity contribution in [2.45, 2.75) is 245 Å². The van der Waals surface area contributed by atoms with Crippen molar-refractivity contribution in [3.63, 3.8) is 0 Å². The molecule has 0 aliphatic heterocycles. The molecular formula is C53H92O6. The van der Waals surface area contributed by atoms with Gasteiger partial charge in [0.15, 0.2) is 6.10 Å². The van der Waals surface area contributed by atoms with E-state index in [0.717, 1.165) is 64.2 Å². The van der Waals surface area contributed by atoms with Crippen LogP contribution in [-0.4, -0.2) is 37.2 Å². The first-order chi connectivity index (χ1) is 29.0. The normalized spacial score (nSPS) is 12.5. The number of allylic oxidation sites excluding steroid dienone is 10. The summed E-state index contributed by atoms with van der Waals surface area (Å²) in [5.74, 6) is -0.977. The molecule has 0 aromatic heterocycles. The van der Waals surface area contributed by atoms with Gasteiger partial charge < -0.3 is 14.2 Å². The Hall–Kier alpha value is -2.89. The summed E-state index contributed by atoms with van der Waals surface area (Å²) in [7, 11) is 0. The molecule has 0 aromatic rings. The number of ether oxygens (including phenoxy) is 3. The van der Waals surface area contributed by atoms with Crippen LogP contribution in [0.3, 0.4) is 0 Å². The van der Waals surface area contributed by atoms with Crippen LogP contribution in [0, 0.1) is 0 Å². The highest BCUT2D eigenvalue weighted by molar-refractivity contribution is 5.71. The molecule has 0 amide bonds. The second kappa shape index (κ2) is 47.8. The number of carbonyl (C=O) groups excluding carboxylic acids is 3. The topological polar surface area (TPSA) is 78.9 Å². The van der Waals surface area contributed by atoms with Gasteiger partial charge in [-0.2, -0.15) is 0 Å². The summed E-state index contributed by atoms with van der Waals surface area (Å²) < 4.78 is 16.7. The Balaban J connectivity index is 4.45. The lowest BCUT2D eigenvalue weighted by Gasteiger charge is -2.18. The summed E-state index contributed by atoms with van der Waals surface area (Å²) in [6.45, 7) is 6.44. The summed E-state index contributed by atoms with van der Waals surface area (Å²) >= 11 is 0. The molecule has 59 heavy (non-hydrogen) atoms. The van der Waals surface area contributed by atoms with Crippen LogP contribution in [0.1, 0.15) is 239 Å². The Kier molecular flexibility index (Phi) is 45.4. The fraction of sp³-hybridized carbons (Fsp3) is 0.755. The Morgan fingerprint density at radius 3 is 1.22 bits per heavy atom. The molecule has 0 saturated carbocycles.